The smallest absolute Gasteiger partial charge is 0.0541 e. The van der Waals surface area contributed by atoms with Gasteiger partial charge in [0.1, 0.15) is 0 Å². The molecule has 3 nitrogen and oxygen atoms in total. The van der Waals surface area contributed by atoms with E-state index in [0.717, 1.165) is 34.1 Å². The van der Waals surface area contributed by atoms with Crippen molar-refractivity contribution in [3.8, 4) is 39.1 Å². The van der Waals surface area contributed by atoms with Gasteiger partial charge in [0.15, 0.2) is 0 Å². The summed E-state index contributed by atoms with van der Waals surface area (Å²) in [5, 5.41) is 2.52. The summed E-state index contributed by atoms with van der Waals surface area (Å²) in [5.41, 5.74) is 20.0. The molecule has 0 amide bonds. The number of anilines is 6. The Morgan fingerprint density at radius 2 is 0.662 bits per heavy atom. The van der Waals surface area contributed by atoms with Gasteiger partial charge in [-0.1, -0.05) is 146 Å². The highest BCUT2D eigenvalue weighted by molar-refractivity contribution is 6.10. The molecule has 0 aliphatic heterocycles. The maximum absolute atomic E-state index is 2.37. The van der Waals surface area contributed by atoms with Crippen molar-refractivity contribution in [1.29, 1.82) is 0 Å². The van der Waals surface area contributed by atoms with Crippen LogP contribution >= 0.6 is 0 Å². The summed E-state index contributed by atoms with van der Waals surface area (Å²) in [6, 6.07) is 89.6. The SMILES string of the molecule is Cc1cc(-c2ccc3c(c2)c2ccccc2n3-c2ccccc2)cc(C)c1-c1ccc(N(c2ccc(-c3ccccc3)cc2)c2ccc(N(c3ccccc3)c3ccccc3)cc2)cc1. The van der Waals surface area contributed by atoms with Crippen LogP contribution in [0.1, 0.15) is 11.1 Å². The number of hydrogen-bond acceptors (Lipinski definition) is 2. The van der Waals surface area contributed by atoms with E-state index in [-0.39, 0.29) is 0 Å². The summed E-state index contributed by atoms with van der Waals surface area (Å²) < 4.78 is 2.37. The second kappa shape index (κ2) is 17.0. The summed E-state index contributed by atoms with van der Waals surface area (Å²) in [6.45, 7) is 4.49. The van der Waals surface area contributed by atoms with Gasteiger partial charge in [-0.3, -0.25) is 0 Å². The zero-order valence-electron chi connectivity index (χ0n) is 36.5. The third-order valence-corrected chi connectivity index (χ3v) is 12.6. The minimum atomic E-state index is 1.08. The van der Waals surface area contributed by atoms with E-state index in [9.17, 15) is 0 Å². The third kappa shape index (κ3) is 7.53. The van der Waals surface area contributed by atoms with Crippen LogP contribution in [0.4, 0.5) is 34.1 Å². The molecule has 0 saturated carbocycles. The van der Waals surface area contributed by atoms with E-state index in [1.54, 1.807) is 0 Å². The van der Waals surface area contributed by atoms with Gasteiger partial charge in [0, 0.05) is 50.6 Å². The molecule has 0 aliphatic carbocycles. The number of hydrogen-bond donors (Lipinski definition) is 0. The fourth-order valence-corrected chi connectivity index (χ4v) is 9.60. The minimum absolute atomic E-state index is 1.08. The van der Waals surface area contributed by atoms with Gasteiger partial charge in [0.25, 0.3) is 0 Å². The topological polar surface area (TPSA) is 11.4 Å². The zero-order chi connectivity index (χ0) is 43.7. The van der Waals surface area contributed by atoms with Crippen molar-refractivity contribution < 1.29 is 0 Å². The van der Waals surface area contributed by atoms with E-state index < -0.39 is 0 Å². The molecule has 3 heteroatoms. The van der Waals surface area contributed by atoms with Crippen molar-refractivity contribution >= 4 is 55.9 Å². The van der Waals surface area contributed by atoms with Crippen LogP contribution in [0.5, 0.6) is 0 Å². The van der Waals surface area contributed by atoms with Crippen molar-refractivity contribution in [2.45, 2.75) is 13.8 Å². The van der Waals surface area contributed by atoms with Crippen LogP contribution in [0.15, 0.2) is 249 Å². The van der Waals surface area contributed by atoms with E-state index in [0.29, 0.717) is 0 Å². The molecule has 0 atom stereocenters. The molecular formula is C62H47N3. The number of nitrogens with zero attached hydrogens (tertiary/aromatic N) is 3. The van der Waals surface area contributed by atoms with Crippen LogP contribution in [0.25, 0.3) is 60.9 Å². The molecule has 1 heterocycles. The van der Waals surface area contributed by atoms with Gasteiger partial charge >= 0.3 is 0 Å². The molecule has 0 radical (unpaired) electrons. The average molecular weight is 834 g/mol. The number of para-hydroxylation sites is 4. The molecule has 310 valence electrons. The fourth-order valence-electron chi connectivity index (χ4n) is 9.60. The average Bonchev–Trinajstić information content (AvgIpc) is 3.70. The molecule has 11 rings (SSSR count). The van der Waals surface area contributed by atoms with Crippen LogP contribution in [0.3, 0.4) is 0 Å². The quantitative estimate of drug-likeness (QED) is 0.136. The van der Waals surface area contributed by atoms with Gasteiger partial charge in [-0.15, -0.1) is 0 Å². The molecule has 0 spiro atoms. The van der Waals surface area contributed by atoms with Gasteiger partial charge in [0.05, 0.1) is 11.0 Å². The maximum atomic E-state index is 2.37. The second-order valence-electron chi connectivity index (χ2n) is 16.7. The number of rotatable bonds is 10. The lowest BCUT2D eigenvalue weighted by Crippen LogP contribution is -2.12. The summed E-state index contributed by atoms with van der Waals surface area (Å²) in [4.78, 5) is 4.65. The number of aryl methyl sites for hydroxylation is 2. The Morgan fingerprint density at radius 3 is 1.20 bits per heavy atom. The molecule has 0 bridgehead atoms. The lowest BCUT2D eigenvalue weighted by molar-refractivity contribution is 1.18. The van der Waals surface area contributed by atoms with Crippen LogP contribution in [-0.2, 0) is 0 Å². The monoisotopic (exact) mass is 833 g/mol. The molecule has 65 heavy (non-hydrogen) atoms. The van der Waals surface area contributed by atoms with E-state index >= 15 is 0 Å². The maximum Gasteiger partial charge on any atom is 0.0541 e. The highest BCUT2D eigenvalue weighted by atomic mass is 15.2. The summed E-state index contributed by atoms with van der Waals surface area (Å²) >= 11 is 0. The molecule has 0 unspecified atom stereocenters. The van der Waals surface area contributed by atoms with Crippen LogP contribution in [0.2, 0.25) is 0 Å². The first-order valence-electron chi connectivity index (χ1n) is 22.3. The van der Waals surface area contributed by atoms with Gasteiger partial charge in [0.2, 0.25) is 0 Å². The largest absolute Gasteiger partial charge is 0.311 e. The standard InChI is InChI=1S/C62H47N3/c1-44-41-50(49-31-40-61-59(43-49)58-25-15-16-26-60(58)65(61)53-23-13-6-14-24-53)42-45(2)62(44)48-29-34-55(35-30-48)64(54-32-27-47(28-33-54)46-17-7-3-8-18-46)57-38-36-56(37-39-57)63(51-19-9-4-10-20-51)52-21-11-5-12-22-52/h3-43H,1-2H3. The van der Waals surface area contributed by atoms with Crippen LogP contribution in [0, 0.1) is 13.8 Å². The van der Waals surface area contributed by atoms with Crippen LogP contribution in [-0.4, -0.2) is 4.57 Å². The van der Waals surface area contributed by atoms with E-state index in [2.05, 4.69) is 277 Å². The summed E-state index contributed by atoms with van der Waals surface area (Å²) in [6.07, 6.45) is 0. The Labute approximate surface area is 381 Å². The van der Waals surface area contributed by atoms with Crippen molar-refractivity contribution in [2.75, 3.05) is 9.80 Å². The first kappa shape index (κ1) is 39.4. The Bertz CT molecular complexity index is 3330. The van der Waals surface area contributed by atoms with Crippen molar-refractivity contribution in [3.63, 3.8) is 0 Å². The lowest BCUT2D eigenvalue weighted by Gasteiger charge is -2.28. The summed E-state index contributed by atoms with van der Waals surface area (Å²) in [7, 11) is 0. The predicted molar refractivity (Wildman–Crippen MR) is 276 cm³/mol. The van der Waals surface area contributed by atoms with Gasteiger partial charge in [-0.05, 0) is 161 Å². The van der Waals surface area contributed by atoms with Gasteiger partial charge in [-0.25, -0.2) is 0 Å². The van der Waals surface area contributed by atoms with Crippen LogP contribution < -0.4 is 9.80 Å². The lowest BCUT2D eigenvalue weighted by atomic mass is 9.91. The molecule has 0 N–H and O–H groups in total. The summed E-state index contributed by atoms with van der Waals surface area (Å²) in [5.74, 6) is 0. The Balaban J connectivity index is 0.942. The van der Waals surface area contributed by atoms with E-state index in [4.69, 9.17) is 0 Å². The van der Waals surface area contributed by atoms with Crippen molar-refractivity contribution in [2.24, 2.45) is 0 Å². The van der Waals surface area contributed by atoms with Crippen molar-refractivity contribution in [1.82, 2.24) is 4.57 Å². The third-order valence-electron chi connectivity index (χ3n) is 12.6. The molecule has 1 aromatic heterocycles. The Hall–Kier alpha value is -8.40. The Kier molecular flexibility index (Phi) is 10.3. The minimum Gasteiger partial charge on any atom is -0.311 e. The molecule has 0 aliphatic rings. The first-order valence-corrected chi connectivity index (χ1v) is 22.3. The molecule has 11 aromatic rings. The van der Waals surface area contributed by atoms with Crippen molar-refractivity contribution in [3.05, 3.63) is 260 Å². The molecule has 0 saturated heterocycles. The van der Waals surface area contributed by atoms with E-state index in [1.165, 1.54) is 72.0 Å². The first-order chi connectivity index (χ1) is 32.1. The number of benzene rings is 10. The predicted octanol–water partition coefficient (Wildman–Crippen LogP) is 17.3. The second-order valence-corrected chi connectivity index (χ2v) is 16.7. The number of fused-ring (bicyclic) bond motifs is 3. The van der Waals surface area contributed by atoms with Gasteiger partial charge < -0.3 is 14.4 Å². The molecule has 0 fully saturated rings. The van der Waals surface area contributed by atoms with Gasteiger partial charge in [-0.2, -0.15) is 0 Å². The molecule has 10 aromatic carbocycles. The highest BCUT2D eigenvalue weighted by Gasteiger charge is 2.18. The zero-order valence-corrected chi connectivity index (χ0v) is 36.5. The van der Waals surface area contributed by atoms with E-state index in [1.807, 2.05) is 0 Å². The highest BCUT2D eigenvalue weighted by Crippen LogP contribution is 2.42. The fraction of sp³-hybridized carbons (Fsp3) is 0.0323. The normalized spacial score (nSPS) is 11.2. The molecular weight excluding hydrogens is 787 g/mol. The Morgan fingerprint density at radius 1 is 0.277 bits per heavy atom. The number of aromatic nitrogens is 1.